The number of rotatable bonds is 19. The number of benzene rings is 5. The first-order chi connectivity index (χ1) is 52.8. The predicted molar refractivity (Wildman–Crippen MR) is 427 cm³/mol. The number of fused-ring (bicyclic) bond motifs is 5. The Balaban J connectivity index is 0.000000158. The summed E-state index contributed by atoms with van der Waals surface area (Å²) < 4.78 is 87.5. The van der Waals surface area contributed by atoms with Gasteiger partial charge in [-0.05, 0) is 59.5 Å². The molecule has 15 rings (SSSR count). The fraction of sp³-hybridized carbons (Fsp3) is 0.276. The van der Waals surface area contributed by atoms with Crippen LogP contribution < -0.4 is 28.4 Å². The second-order valence-corrected chi connectivity index (χ2v) is 40.3. The Hall–Kier alpha value is -11.1. The van der Waals surface area contributed by atoms with Crippen LogP contribution in [-0.4, -0.2) is 162 Å². The summed E-state index contributed by atoms with van der Waals surface area (Å²) >= 11 is 2.86. The van der Waals surface area contributed by atoms with Crippen LogP contribution in [0.4, 0.5) is 13.2 Å². The molecule has 0 aliphatic heterocycles. The number of methoxy groups -OCH3 is 2. The summed E-state index contributed by atoms with van der Waals surface area (Å²) in [6.07, 6.45) is 30.6. The number of aromatic nitrogens is 20. The molecule has 0 fully saturated rings. The Morgan fingerprint density at radius 1 is 0.486 bits per heavy atom. The second-order valence-electron chi connectivity index (χ2n) is 25.4. The first-order valence-electron chi connectivity index (χ1n) is 34.9. The van der Waals surface area contributed by atoms with E-state index in [1.165, 1.54) is 81.2 Å². The average Bonchev–Trinajstić information content (AvgIpc) is 1.36. The van der Waals surface area contributed by atoms with Crippen LogP contribution in [0, 0.1) is 0 Å². The molecule has 0 amide bonds. The molecule has 35 heteroatoms. The number of ether oxygens (including phenoxy) is 2. The molecule has 10 heterocycles. The standard InChI is InChI=1S/C13H9F3N4O3S.C13H12N4O.C12H10N4O.C12H9N4.C8H9BN2O2.C5H5ClN2O.3C4H9.CH4.Sn/c1-20-11-3-2-8(4-9(11)5-18-20)10-6-17-7-12(19-10)23-24(21,22)13(14,15)16;1-17-12-4-3-9(5-10(12)6-15-17)11-7-14-8-13(16-11)18-2;1-16-11-3-2-8(4-9(11)5-14-16)10-6-13-7-12(17)15-10;1-16-12-3-2-9(6-10(12)7-15-16)11-8-13-4-5-14-11;1-11-8-3-2-7(9(12)13)4-6(8)5-10-11;1-9-4-2-3-7-5(6)8-4;3*1-3-4-2;;/h2-7H,1H3;3-8H,1-2H3;2-7H,1H3,(H,15,17);2-4,6-8H,1H3;2-5,12-13H,1H3;2-3H,1H3;3*1,3-4H2,2H3;1H4;. The van der Waals surface area contributed by atoms with Crippen molar-refractivity contribution in [1.82, 2.24) is 98.7 Å². The van der Waals surface area contributed by atoms with Crippen molar-refractivity contribution in [1.29, 1.82) is 0 Å². The van der Waals surface area contributed by atoms with Gasteiger partial charge in [-0.3, -0.25) is 38.5 Å². The van der Waals surface area contributed by atoms with E-state index >= 15 is 0 Å². The van der Waals surface area contributed by atoms with Crippen LogP contribution in [-0.2, 0) is 45.4 Å². The molecule has 28 nitrogen and oxygen atoms in total. The summed E-state index contributed by atoms with van der Waals surface area (Å²) in [7, 11) is 5.31. The molecule has 0 saturated heterocycles. The van der Waals surface area contributed by atoms with E-state index in [0.29, 0.717) is 28.5 Å². The molecule has 15 aromatic rings. The fourth-order valence-electron chi connectivity index (χ4n) is 11.9. The summed E-state index contributed by atoms with van der Waals surface area (Å²) in [5, 5.41) is 43.9. The molecule has 0 spiro atoms. The van der Waals surface area contributed by atoms with Crippen LogP contribution in [0.15, 0.2) is 189 Å². The van der Waals surface area contributed by atoms with Crippen molar-refractivity contribution < 1.29 is 45.3 Å². The van der Waals surface area contributed by atoms with Crippen molar-refractivity contribution in [3.63, 3.8) is 0 Å². The van der Waals surface area contributed by atoms with Crippen molar-refractivity contribution >= 4 is 111 Å². The number of hydrogen-bond acceptors (Lipinski definition) is 22. The summed E-state index contributed by atoms with van der Waals surface area (Å²) in [6.45, 7) is 6.96. The SMILES string of the molecule is C.CCC[CH2][Sn]([CH2]CCC)([CH2]CCC)[c]1cncc(-c2ccc3c(cnn3C)c2)n1.COc1ccnc(Cl)n1.COc1cncc(-c2ccc3c(cnn3C)c2)n1.Cn1ncc2cc(-c3cncc(=O)[nH]3)ccc21.Cn1ncc2cc(-c3cncc(OS(=O)(=O)C(F)(F)F)n3)ccc21.Cn1ncc2cc(B(O)O)ccc21. The topological polar surface area (TPSA) is 340 Å². The minimum absolute atomic E-state index is 0. The van der Waals surface area contributed by atoms with Crippen LogP contribution in [0.5, 0.6) is 17.6 Å². The van der Waals surface area contributed by atoms with Gasteiger partial charge < -0.3 is 28.7 Å². The van der Waals surface area contributed by atoms with E-state index in [9.17, 15) is 26.4 Å². The third-order valence-electron chi connectivity index (χ3n) is 17.8. The van der Waals surface area contributed by atoms with Gasteiger partial charge in [0, 0.05) is 78.7 Å². The summed E-state index contributed by atoms with van der Waals surface area (Å²) in [6, 6.07) is 30.5. The van der Waals surface area contributed by atoms with Gasteiger partial charge in [0.1, 0.15) is 0 Å². The molecule has 0 aliphatic carbocycles. The van der Waals surface area contributed by atoms with E-state index < -0.39 is 47.0 Å². The maximum absolute atomic E-state index is 12.3. The molecule has 578 valence electrons. The largest absolute Gasteiger partial charge is 0.534 e. The molecule has 0 radical (unpaired) electrons. The third kappa shape index (κ3) is 21.5. The van der Waals surface area contributed by atoms with E-state index in [1.807, 2.05) is 103 Å². The Morgan fingerprint density at radius 2 is 0.874 bits per heavy atom. The molecule has 3 N–H and O–H groups in total. The summed E-state index contributed by atoms with van der Waals surface area (Å²) in [5.41, 5.74) is 6.17. The number of H-pyrrole nitrogens is 1. The van der Waals surface area contributed by atoms with Gasteiger partial charge in [0.25, 0.3) is 11.4 Å². The van der Waals surface area contributed by atoms with Crippen molar-refractivity contribution in [2.45, 2.75) is 85.5 Å². The summed E-state index contributed by atoms with van der Waals surface area (Å²) in [4.78, 5) is 51.1. The van der Waals surface area contributed by atoms with Crippen LogP contribution in [0.2, 0.25) is 18.6 Å². The third-order valence-corrected chi connectivity index (χ3v) is 34.0. The monoisotopic (exact) mass is 1660 g/mol. The molecule has 0 aliphatic rings. The Morgan fingerprint density at radius 3 is 1.28 bits per heavy atom. The molecular formula is C76H85BClF3N20O8SSn. The number of alkyl halides is 3. The van der Waals surface area contributed by atoms with Crippen molar-refractivity contribution in [2.75, 3.05) is 14.2 Å². The van der Waals surface area contributed by atoms with E-state index in [1.54, 1.807) is 97.1 Å². The Labute approximate surface area is 648 Å². The van der Waals surface area contributed by atoms with E-state index in [-0.39, 0.29) is 24.0 Å². The number of aromatic amines is 1. The molecule has 0 bridgehead atoms. The van der Waals surface area contributed by atoms with Crippen molar-refractivity contribution in [3.05, 3.63) is 199 Å². The number of halogens is 4. The Bertz CT molecular complexity index is 5760. The molecule has 0 unspecified atom stereocenters. The molecule has 5 aromatic carbocycles. The van der Waals surface area contributed by atoms with Crippen LogP contribution >= 0.6 is 11.6 Å². The van der Waals surface area contributed by atoms with Gasteiger partial charge in [-0.15, -0.1) is 0 Å². The van der Waals surface area contributed by atoms with E-state index in [4.69, 9.17) is 41.1 Å². The molecule has 10 aromatic heterocycles. The Kier molecular flexibility index (Phi) is 29.1. The van der Waals surface area contributed by atoms with Gasteiger partial charge in [-0.25, -0.2) is 15.0 Å². The molecule has 0 atom stereocenters. The molecule has 0 saturated carbocycles. The van der Waals surface area contributed by atoms with Gasteiger partial charge in [-0.1, -0.05) is 37.8 Å². The minimum atomic E-state index is -5.80. The number of hydrogen-bond donors (Lipinski definition) is 3. The average molecular weight is 1660 g/mol. The van der Waals surface area contributed by atoms with Gasteiger partial charge >= 0.3 is 203 Å². The number of nitrogens with zero attached hydrogens (tertiary/aromatic N) is 19. The smallest absolute Gasteiger partial charge is 0.481 e. The van der Waals surface area contributed by atoms with Crippen LogP contribution in [0.3, 0.4) is 0 Å². The predicted octanol–water partition coefficient (Wildman–Crippen LogP) is 12.7. The van der Waals surface area contributed by atoms with Gasteiger partial charge in [0.2, 0.25) is 17.0 Å². The van der Waals surface area contributed by atoms with Crippen LogP contribution in [0.1, 0.15) is 66.7 Å². The maximum atomic E-state index is 12.3. The van der Waals surface area contributed by atoms with Gasteiger partial charge in [-0.2, -0.15) is 47.0 Å². The maximum Gasteiger partial charge on any atom is 0.534 e. The van der Waals surface area contributed by atoms with Gasteiger partial charge in [0.05, 0.1) is 115 Å². The van der Waals surface area contributed by atoms with Crippen LogP contribution in [0.25, 0.3) is 99.5 Å². The second kappa shape index (κ2) is 38.5. The summed E-state index contributed by atoms with van der Waals surface area (Å²) in [5.74, 6) is 0.227. The van der Waals surface area contributed by atoms with Gasteiger partial charge in [0.15, 0.2) is 0 Å². The van der Waals surface area contributed by atoms with E-state index in [2.05, 4.69) is 115 Å². The number of nitrogens with one attached hydrogen (secondary N) is 1. The first-order valence-corrected chi connectivity index (χ1v) is 44.1. The first kappa shape index (κ1) is 83.9. The molecular weight excluding hydrogens is 1580 g/mol. The molecule has 111 heavy (non-hydrogen) atoms. The van der Waals surface area contributed by atoms with E-state index in [0.717, 1.165) is 88.8 Å². The number of unbranched alkanes of at least 4 members (excludes halogenated alkanes) is 3. The number of aryl methyl sites for hydroxylation is 5. The fourth-order valence-corrected chi connectivity index (χ4v) is 27.6. The normalized spacial score (nSPS) is 11.2. The zero-order chi connectivity index (χ0) is 78.7. The minimum Gasteiger partial charge on any atom is -0.481 e. The quantitative estimate of drug-likeness (QED) is 0.0293. The zero-order valence-corrected chi connectivity index (χ0v) is 66.4. The van der Waals surface area contributed by atoms with Crippen molar-refractivity contribution in [2.24, 2.45) is 35.2 Å². The van der Waals surface area contributed by atoms with Crippen molar-refractivity contribution in [3.8, 4) is 62.7 Å². The zero-order valence-electron chi connectivity index (χ0n) is 62.0.